The number of halogens is 1. The predicted octanol–water partition coefficient (Wildman–Crippen LogP) is 2.10. The van der Waals surface area contributed by atoms with Gasteiger partial charge in [-0.05, 0) is 13.3 Å². The van der Waals surface area contributed by atoms with Gasteiger partial charge in [0.25, 0.3) is 0 Å². The lowest BCUT2D eigenvalue weighted by Crippen LogP contribution is -2.07. The van der Waals surface area contributed by atoms with Gasteiger partial charge in [0.05, 0.1) is 24.3 Å². The molecule has 3 nitrogen and oxygen atoms in total. The third-order valence-corrected chi connectivity index (χ3v) is 1.49. The quantitative estimate of drug-likeness (QED) is 0.220. The van der Waals surface area contributed by atoms with Gasteiger partial charge in [-0.1, -0.05) is 6.92 Å². The molecule has 0 aromatic heterocycles. The Labute approximate surface area is 83.7 Å². The molecule has 0 unspecified atom stereocenters. The molecule has 0 aromatic rings. The number of hydrogen-bond acceptors (Lipinski definition) is 3. The van der Waals surface area contributed by atoms with Gasteiger partial charge in [-0.2, -0.15) is 0 Å². The van der Waals surface area contributed by atoms with Crippen molar-refractivity contribution in [3.63, 3.8) is 0 Å². The van der Waals surface area contributed by atoms with Crippen LogP contribution < -0.4 is 0 Å². The van der Waals surface area contributed by atoms with Gasteiger partial charge >= 0.3 is 5.97 Å². The van der Waals surface area contributed by atoms with Gasteiger partial charge < -0.3 is 9.47 Å². The minimum absolute atomic E-state index is 0.320. The van der Waals surface area contributed by atoms with Crippen LogP contribution in [0.5, 0.6) is 0 Å². The van der Waals surface area contributed by atoms with E-state index < -0.39 is 0 Å². The number of hydrogen-bond donors (Lipinski definition) is 0. The molecule has 0 saturated carbocycles. The molecule has 76 valence electrons. The van der Waals surface area contributed by atoms with E-state index in [2.05, 4.69) is 0 Å². The lowest BCUT2D eigenvalue weighted by Gasteiger charge is -2.04. The Morgan fingerprint density at radius 1 is 1.46 bits per heavy atom. The van der Waals surface area contributed by atoms with Crippen LogP contribution >= 0.6 is 11.6 Å². The summed E-state index contributed by atoms with van der Waals surface area (Å²) in [7, 11) is 0. The highest BCUT2D eigenvalue weighted by Crippen LogP contribution is 2.03. The van der Waals surface area contributed by atoms with E-state index in [9.17, 15) is 4.79 Å². The molecule has 0 aromatic carbocycles. The molecular formula is C9H15ClO3. The summed E-state index contributed by atoms with van der Waals surface area (Å²) in [6.45, 7) is 4.42. The predicted molar refractivity (Wildman–Crippen MR) is 51.7 cm³/mol. The third-order valence-electron chi connectivity index (χ3n) is 1.34. The fourth-order valence-electron chi connectivity index (χ4n) is 0.704. The normalized spacial score (nSPS) is 11.2. The zero-order chi connectivity index (χ0) is 10.1. The zero-order valence-corrected chi connectivity index (χ0v) is 8.76. The van der Waals surface area contributed by atoms with Crippen LogP contribution in [0.2, 0.25) is 0 Å². The van der Waals surface area contributed by atoms with Crippen molar-refractivity contribution in [3.05, 3.63) is 11.8 Å². The molecular weight excluding hydrogens is 192 g/mol. The number of ether oxygens (including phenoxy) is 2. The van der Waals surface area contributed by atoms with Crippen molar-refractivity contribution in [2.75, 3.05) is 19.1 Å². The summed E-state index contributed by atoms with van der Waals surface area (Å²) in [4.78, 5) is 11.2. The maximum absolute atomic E-state index is 11.2. The number of rotatable bonds is 6. The molecule has 0 saturated heterocycles. The van der Waals surface area contributed by atoms with E-state index in [1.54, 1.807) is 6.92 Å². The molecule has 0 atom stereocenters. The van der Waals surface area contributed by atoms with Crippen molar-refractivity contribution >= 4 is 17.6 Å². The van der Waals surface area contributed by atoms with Gasteiger partial charge in [-0.25, -0.2) is 4.79 Å². The van der Waals surface area contributed by atoms with E-state index in [1.165, 1.54) is 6.26 Å². The third kappa shape index (κ3) is 5.53. The van der Waals surface area contributed by atoms with Gasteiger partial charge in [0.15, 0.2) is 0 Å². The van der Waals surface area contributed by atoms with E-state index in [4.69, 9.17) is 21.1 Å². The molecule has 0 N–H and O–H groups in total. The van der Waals surface area contributed by atoms with Gasteiger partial charge in [0.2, 0.25) is 0 Å². The van der Waals surface area contributed by atoms with Crippen LogP contribution in [0.15, 0.2) is 11.8 Å². The Morgan fingerprint density at radius 2 is 2.15 bits per heavy atom. The number of carbonyl (C=O) groups is 1. The first-order valence-electron chi connectivity index (χ1n) is 4.30. The summed E-state index contributed by atoms with van der Waals surface area (Å²) in [6, 6.07) is 0. The summed E-state index contributed by atoms with van der Waals surface area (Å²) in [5.41, 5.74) is 0.534. The lowest BCUT2D eigenvalue weighted by atomic mass is 10.2. The first-order chi connectivity index (χ1) is 6.26. The molecule has 0 fully saturated rings. The molecule has 0 heterocycles. The van der Waals surface area contributed by atoms with E-state index in [0.717, 1.165) is 0 Å². The average molecular weight is 207 g/mol. The molecule has 4 heteroatoms. The van der Waals surface area contributed by atoms with Crippen LogP contribution in [0, 0.1) is 0 Å². The summed E-state index contributed by atoms with van der Waals surface area (Å²) >= 11 is 5.40. The average Bonchev–Trinajstić information content (AvgIpc) is 2.13. The number of alkyl halides is 1. The Kier molecular flexibility index (Phi) is 7.50. The SMILES string of the molecule is CCOC(=O)/C(=C/OCCCl)CC. The Balaban J connectivity index is 3.99. The first kappa shape index (κ1) is 12.3. The second-order valence-corrected chi connectivity index (χ2v) is 2.65. The molecule has 0 aliphatic carbocycles. The van der Waals surface area contributed by atoms with Crippen LogP contribution in [0.3, 0.4) is 0 Å². The van der Waals surface area contributed by atoms with E-state index >= 15 is 0 Å². The highest BCUT2D eigenvalue weighted by Gasteiger charge is 2.07. The minimum Gasteiger partial charge on any atom is -0.499 e. The topological polar surface area (TPSA) is 35.5 Å². The van der Waals surface area contributed by atoms with Gasteiger partial charge in [-0.3, -0.25) is 0 Å². The van der Waals surface area contributed by atoms with Crippen molar-refractivity contribution in [3.8, 4) is 0 Å². The molecule has 13 heavy (non-hydrogen) atoms. The molecule has 0 aliphatic rings. The number of carbonyl (C=O) groups excluding carboxylic acids is 1. The highest BCUT2D eigenvalue weighted by atomic mass is 35.5. The monoisotopic (exact) mass is 206 g/mol. The van der Waals surface area contributed by atoms with E-state index in [-0.39, 0.29) is 5.97 Å². The molecule has 0 spiro atoms. The van der Waals surface area contributed by atoms with Crippen molar-refractivity contribution in [1.29, 1.82) is 0 Å². The Hall–Kier alpha value is -0.700. The van der Waals surface area contributed by atoms with Gasteiger partial charge in [-0.15, -0.1) is 11.6 Å². The Morgan fingerprint density at radius 3 is 2.62 bits per heavy atom. The lowest BCUT2D eigenvalue weighted by molar-refractivity contribution is -0.138. The second-order valence-electron chi connectivity index (χ2n) is 2.28. The largest absolute Gasteiger partial charge is 0.499 e. The standard InChI is InChI=1S/C9H15ClO3/c1-3-8(7-12-6-5-10)9(11)13-4-2/h7H,3-6H2,1-2H3/b8-7+. The zero-order valence-electron chi connectivity index (χ0n) is 8.01. The van der Waals surface area contributed by atoms with Crippen molar-refractivity contribution in [1.82, 2.24) is 0 Å². The summed E-state index contributed by atoms with van der Waals surface area (Å²) in [5.74, 6) is 0.0932. The van der Waals surface area contributed by atoms with Crippen LogP contribution in [-0.2, 0) is 14.3 Å². The highest BCUT2D eigenvalue weighted by molar-refractivity contribution is 6.17. The summed E-state index contributed by atoms with van der Waals surface area (Å²) in [6.07, 6.45) is 2.02. The summed E-state index contributed by atoms with van der Waals surface area (Å²) < 4.78 is 9.81. The second kappa shape index (κ2) is 7.92. The van der Waals surface area contributed by atoms with Gasteiger partial charge in [0.1, 0.15) is 6.61 Å². The smallest absolute Gasteiger partial charge is 0.337 e. The van der Waals surface area contributed by atoms with Crippen molar-refractivity contribution < 1.29 is 14.3 Å². The number of esters is 1. The fourth-order valence-corrected chi connectivity index (χ4v) is 0.793. The molecule has 0 rings (SSSR count). The maximum atomic E-state index is 11.2. The maximum Gasteiger partial charge on any atom is 0.337 e. The van der Waals surface area contributed by atoms with E-state index in [0.29, 0.717) is 31.1 Å². The van der Waals surface area contributed by atoms with Crippen molar-refractivity contribution in [2.45, 2.75) is 20.3 Å². The minimum atomic E-state index is -0.320. The Bertz CT molecular complexity index is 178. The van der Waals surface area contributed by atoms with Crippen LogP contribution in [0.25, 0.3) is 0 Å². The van der Waals surface area contributed by atoms with Crippen LogP contribution in [-0.4, -0.2) is 25.1 Å². The van der Waals surface area contributed by atoms with Crippen molar-refractivity contribution in [2.24, 2.45) is 0 Å². The van der Waals surface area contributed by atoms with E-state index in [1.807, 2.05) is 6.92 Å². The molecule has 0 amide bonds. The molecule has 0 bridgehead atoms. The van der Waals surface area contributed by atoms with Gasteiger partial charge in [0, 0.05) is 0 Å². The van der Waals surface area contributed by atoms with Crippen LogP contribution in [0.4, 0.5) is 0 Å². The van der Waals surface area contributed by atoms with Crippen LogP contribution in [0.1, 0.15) is 20.3 Å². The molecule has 0 aliphatic heterocycles. The summed E-state index contributed by atoms with van der Waals surface area (Å²) in [5, 5.41) is 0. The molecule has 0 radical (unpaired) electrons. The first-order valence-corrected chi connectivity index (χ1v) is 4.83. The fraction of sp³-hybridized carbons (Fsp3) is 0.667.